The molecule has 0 spiro atoms. The van der Waals surface area contributed by atoms with Gasteiger partial charge in [-0.05, 0) is 44.2 Å². The van der Waals surface area contributed by atoms with E-state index < -0.39 is 29.7 Å². The molecule has 0 amide bonds. The molecule has 166 valence electrons. The van der Waals surface area contributed by atoms with Crippen molar-refractivity contribution in [3.05, 3.63) is 47.8 Å². The molecule has 8 nitrogen and oxygen atoms in total. The van der Waals surface area contributed by atoms with Crippen LogP contribution in [0.3, 0.4) is 0 Å². The van der Waals surface area contributed by atoms with Gasteiger partial charge in [-0.1, -0.05) is 5.16 Å². The topological polar surface area (TPSA) is 114 Å². The minimum absolute atomic E-state index is 0.00125. The van der Waals surface area contributed by atoms with Crippen LogP contribution in [-0.2, 0) is 17.4 Å². The molecule has 0 unspecified atom stereocenters. The van der Waals surface area contributed by atoms with Crippen molar-refractivity contribution >= 4 is 16.9 Å². The Bertz CT molecular complexity index is 1290. The number of carboxylic acid groups (broad SMARTS) is 1. The second-order valence-electron chi connectivity index (χ2n) is 7.33. The van der Waals surface area contributed by atoms with E-state index in [0.29, 0.717) is 11.3 Å². The minimum Gasteiger partial charge on any atom is -0.481 e. The van der Waals surface area contributed by atoms with Crippen molar-refractivity contribution in [2.75, 3.05) is 0 Å². The zero-order valence-corrected chi connectivity index (χ0v) is 16.9. The van der Waals surface area contributed by atoms with Gasteiger partial charge in [-0.15, -0.1) is 0 Å². The lowest BCUT2D eigenvalue weighted by Crippen LogP contribution is -2.14. The van der Waals surface area contributed by atoms with E-state index in [2.05, 4.69) is 20.1 Å². The third-order valence-electron chi connectivity index (χ3n) is 4.45. The number of carboxylic acids is 1. The van der Waals surface area contributed by atoms with E-state index in [1.807, 2.05) is 0 Å². The molecule has 0 atom stereocenters. The molecule has 0 aliphatic carbocycles. The van der Waals surface area contributed by atoms with E-state index in [1.54, 1.807) is 38.1 Å². The number of hydrogen-bond donors (Lipinski definition) is 2. The summed E-state index contributed by atoms with van der Waals surface area (Å²) in [7, 11) is 0. The minimum atomic E-state index is -4.68. The molecular formula is C21H17F3N4O4. The maximum Gasteiger partial charge on any atom is 0.421 e. The summed E-state index contributed by atoms with van der Waals surface area (Å²) in [5, 5.41) is 13.5. The van der Waals surface area contributed by atoms with Gasteiger partial charge in [0, 0.05) is 28.4 Å². The number of hydrogen-bond acceptors (Lipinski definition) is 6. The van der Waals surface area contributed by atoms with Crippen molar-refractivity contribution in [1.82, 2.24) is 20.1 Å². The fourth-order valence-corrected chi connectivity index (χ4v) is 3.14. The Balaban J connectivity index is 1.67. The van der Waals surface area contributed by atoms with Crippen molar-refractivity contribution in [1.29, 1.82) is 0 Å². The summed E-state index contributed by atoms with van der Waals surface area (Å²) in [4.78, 5) is 21.9. The first-order valence-corrected chi connectivity index (χ1v) is 9.52. The highest BCUT2D eigenvalue weighted by atomic mass is 19.4. The van der Waals surface area contributed by atoms with E-state index in [1.165, 1.54) is 6.20 Å². The average molecular weight is 446 g/mol. The van der Waals surface area contributed by atoms with Gasteiger partial charge in [0.1, 0.15) is 5.56 Å². The van der Waals surface area contributed by atoms with E-state index >= 15 is 0 Å². The molecular weight excluding hydrogens is 429 g/mol. The van der Waals surface area contributed by atoms with Crippen LogP contribution in [0, 0.1) is 0 Å². The molecule has 0 saturated heterocycles. The summed E-state index contributed by atoms with van der Waals surface area (Å²) in [6.45, 7) is 3.21. The zero-order chi connectivity index (χ0) is 23.0. The Kier molecular flexibility index (Phi) is 5.33. The van der Waals surface area contributed by atoms with E-state index in [9.17, 15) is 18.0 Å². The Labute approximate surface area is 179 Å². The van der Waals surface area contributed by atoms with Crippen LogP contribution in [0.25, 0.3) is 33.7 Å². The number of H-pyrrole nitrogens is 1. The average Bonchev–Trinajstić information content (AvgIpc) is 3.32. The van der Waals surface area contributed by atoms with Crippen LogP contribution in [0.15, 0.2) is 41.1 Å². The van der Waals surface area contributed by atoms with E-state index in [-0.39, 0.29) is 23.7 Å². The second-order valence-corrected chi connectivity index (χ2v) is 7.33. The maximum atomic E-state index is 13.5. The van der Waals surface area contributed by atoms with Crippen LogP contribution in [-0.4, -0.2) is 37.3 Å². The number of aromatic nitrogens is 4. The molecule has 0 aliphatic heterocycles. The summed E-state index contributed by atoms with van der Waals surface area (Å²) >= 11 is 0. The largest absolute Gasteiger partial charge is 0.481 e. The van der Waals surface area contributed by atoms with Gasteiger partial charge in [0.2, 0.25) is 11.7 Å². The summed E-state index contributed by atoms with van der Waals surface area (Å²) in [5.41, 5.74) is 0.778. The van der Waals surface area contributed by atoms with Crippen LogP contribution in [0.2, 0.25) is 0 Å². The number of rotatable bonds is 6. The maximum absolute atomic E-state index is 13.5. The predicted octanol–water partition coefficient (Wildman–Crippen LogP) is 4.71. The number of carbonyl (C=O) groups is 1. The number of aromatic amines is 1. The van der Waals surface area contributed by atoms with Gasteiger partial charge in [-0.2, -0.15) is 18.2 Å². The second kappa shape index (κ2) is 7.98. The van der Waals surface area contributed by atoms with E-state index in [0.717, 1.165) is 17.0 Å². The number of aliphatic carboxylic acids is 1. The Morgan fingerprint density at radius 3 is 2.69 bits per heavy atom. The third kappa shape index (κ3) is 4.41. The van der Waals surface area contributed by atoms with Crippen molar-refractivity contribution in [2.45, 2.75) is 32.5 Å². The van der Waals surface area contributed by atoms with Crippen LogP contribution in [0.4, 0.5) is 13.2 Å². The van der Waals surface area contributed by atoms with E-state index in [4.69, 9.17) is 14.4 Å². The molecule has 0 fully saturated rings. The lowest BCUT2D eigenvalue weighted by molar-refractivity contribution is -0.139. The standard InChI is InChI=1S/C21H17F3N4O4/c1-10(2)31-20-15(21(22,23)24)7-13(9-25-20)19-27-18(28-32-19)11-3-4-16-12(5-11)6-14(26-16)8-17(29)30/h3-7,9-10,26H,8H2,1-2H3,(H,29,30). The number of halogens is 3. The van der Waals surface area contributed by atoms with Gasteiger partial charge in [0.15, 0.2) is 0 Å². The normalized spacial score (nSPS) is 11.9. The third-order valence-corrected chi connectivity index (χ3v) is 4.45. The van der Waals surface area contributed by atoms with Crippen molar-refractivity contribution in [3.63, 3.8) is 0 Å². The molecule has 2 N–H and O–H groups in total. The van der Waals surface area contributed by atoms with Gasteiger partial charge in [0.05, 0.1) is 18.1 Å². The molecule has 1 aromatic carbocycles. The Morgan fingerprint density at radius 1 is 1.22 bits per heavy atom. The van der Waals surface area contributed by atoms with Crippen LogP contribution >= 0.6 is 0 Å². The fraction of sp³-hybridized carbons (Fsp3) is 0.238. The first-order chi connectivity index (χ1) is 15.1. The monoisotopic (exact) mass is 446 g/mol. The van der Waals surface area contributed by atoms with Gasteiger partial charge < -0.3 is 19.4 Å². The summed E-state index contributed by atoms with van der Waals surface area (Å²) in [6, 6.07) is 7.70. The van der Waals surface area contributed by atoms with Crippen LogP contribution < -0.4 is 4.74 Å². The van der Waals surface area contributed by atoms with Gasteiger partial charge in [-0.25, -0.2) is 4.98 Å². The summed E-state index contributed by atoms with van der Waals surface area (Å²) in [5.74, 6) is -1.45. The summed E-state index contributed by atoms with van der Waals surface area (Å²) in [6.07, 6.45) is -4.13. The highest BCUT2D eigenvalue weighted by molar-refractivity contribution is 5.86. The van der Waals surface area contributed by atoms with Gasteiger partial charge in [0.25, 0.3) is 5.89 Å². The molecule has 3 aromatic heterocycles. The predicted molar refractivity (Wildman–Crippen MR) is 107 cm³/mol. The lowest BCUT2D eigenvalue weighted by atomic mass is 10.1. The number of nitrogens with zero attached hydrogens (tertiary/aromatic N) is 3. The SMILES string of the molecule is CC(C)Oc1ncc(-c2nc(-c3ccc4[nH]c(CC(=O)O)cc4c3)no2)cc1C(F)(F)F. The molecule has 4 rings (SSSR count). The highest BCUT2D eigenvalue weighted by Gasteiger charge is 2.36. The Morgan fingerprint density at radius 2 is 2.00 bits per heavy atom. The Hall–Kier alpha value is -3.89. The number of benzene rings is 1. The highest BCUT2D eigenvalue weighted by Crippen LogP contribution is 2.37. The molecule has 11 heteroatoms. The van der Waals surface area contributed by atoms with Crippen LogP contribution in [0.1, 0.15) is 25.1 Å². The first-order valence-electron chi connectivity index (χ1n) is 9.52. The molecule has 32 heavy (non-hydrogen) atoms. The molecule has 4 aromatic rings. The molecule has 0 saturated carbocycles. The lowest BCUT2D eigenvalue weighted by Gasteiger charge is -2.15. The number of pyridine rings is 1. The number of ether oxygens (including phenoxy) is 1. The molecule has 0 radical (unpaired) electrons. The van der Waals surface area contributed by atoms with Gasteiger partial charge >= 0.3 is 12.1 Å². The number of nitrogens with one attached hydrogen (secondary N) is 1. The molecule has 0 bridgehead atoms. The molecule has 3 heterocycles. The quantitative estimate of drug-likeness (QED) is 0.441. The zero-order valence-electron chi connectivity index (χ0n) is 16.9. The molecule has 0 aliphatic rings. The van der Waals surface area contributed by atoms with Crippen LogP contribution in [0.5, 0.6) is 5.88 Å². The van der Waals surface area contributed by atoms with Crippen molar-refractivity contribution in [3.8, 4) is 28.7 Å². The number of alkyl halides is 3. The fourth-order valence-electron chi connectivity index (χ4n) is 3.14. The van der Waals surface area contributed by atoms with Gasteiger partial charge in [-0.3, -0.25) is 4.79 Å². The number of fused-ring (bicyclic) bond motifs is 1. The van der Waals surface area contributed by atoms with Crippen molar-refractivity contribution < 1.29 is 32.3 Å². The smallest absolute Gasteiger partial charge is 0.421 e. The van der Waals surface area contributed by atoms with Crippen molar-refractivity contribution in [2.24, 2.45) is 0 Å². The first kappa shape index (κ1) is 21.3. The summed E-state index contributed by atoms with van der Waals surface area (Å²) < 4.78 is 50.7.